The second-order valence-corrected chi connectivity index (χ2v) is 14.7. The molecule has 9 heteroatoms. The van der Waals surface area contributed by atoms with E-state index >= 15 is 0 Å². The number of nitrogens with one attached hydrogen (secondary N) is 2. The molecule has 0 bridgehead atoms. The summed E-state index contributed by atoms with van der Waals surface area (Å²) in [6.45, 7) is 6.32. The van der Waals surface area contributed by atoms with E-state index in [0.29, 0.717) is 17.4 Å². The Balaban J connectivity index is 1.87. The first kappa shape index (κ1) is 25.7. The zero-order valence-corrected chi connectivity index (χ0v) is 20.8. The number of hydrogen-bond acceptors (Lipinski definition) is 4. The molecule has 1 aliphatic heterocycles. The summed E-state index contributed by atoms with van der Waals surface area (Å²) in [4.78, 5) is 37.6. The van der Waals surface area contributed by atoms with Crippen LogP contribution in [0.1, 0.15) is 29.2 Å². The molecule has 3 rings (SSSR count). The van der Waals surface area contributed by atoms with Gasteiger partial charge in [0.1, 0.15) is 17.7 Å². The van der Waals surface area contributed by atoms with Gasteiger partial charge in [0, 0.05) is 26.5 Å². The van der Waals surface area contributed by atoms with Gasteiger partial charge >= 0.3 is 0 Å². The SMILES string of the molecule is COCc1ccc([C@@H](NC(=O)[C@@H]2CNC(=O)C2)C(=O)Cc2cc(F)c([Si](C)(C)C)cc2F)cc1. The Morgan fingerprint density at radius 2 is 1.82 bits per heavy atom. The van der Waals surface area contributed by atoms with E-state index in [0.717, 1.165) is 11.6 Å². The van der Waals surface area contributed by atoms with Crippen molar-refractivity contribution in [2.45, 2.75) is 45.1 Å². The standard InChI is InChI=1S/C25H30F2N2O4Si/c1-33-14-15-5-7-16(8-6-15)24(29-25(32)18-11-23(31)28-13-18)21(30)10-17-9-20(27)22(12-19(17)26)34(2,3)4/h5-9,12,18,24H,10-11,13-14H2,1-4H3,(H,28,31)(H,29,32)/t18-,24+/m0/s1. The highest BCUT2D eigenvalue weighted by Gasteiger charge is 2.32. The monoisotopic (exact) mass is 488 g/mol. The van der Waals surface area contributed by atoms with Crippen LogP contribution in [0.4, 0.5) is 8.78 Å². The molecule has 0 spiro atoms. The predicted octanol–water partition coefficient (Wildman–Crippen LogP) is 2.76. The van der Waals surface area contributed by atoms with Gasteiger partial charge in [0.05, 0.1) is 20.6 Å². The number of rotatable bonds is 9. The molecule has 6 nitrogen and oxygen atoms in total. The summed E-state index contributed by atoms with van der Waals surface area (Å²) in [6.07, 6.45) is -0.348. The lowest BCUT2D eigenvalue weighted by Gasteiger charge is -2.21. The van der Waals surface area contributed by atoms with Gasteiger partial charge in [0.25, 0.3) is 0 Å². The van der Waals surface area contributed by atoms with Crippen molar-refractivity contribution < 1.29 is 27.9 Å². The van der Waals surface area contributed by atoms with E-state index in [1.54, 1.807) is 31.4 Å². The Bertz CT molecular complexity index is 1080. The van der Waals surface area contributed by atoms with Gasteiger partial charge in [-0.1, -0.05) is 43.9 Å². The molecule has 34 heavy (non-hydrogen) atoms. The fourth-order valence-electron chi connectivity index (χ4n) is 3.96. The Kier molecular flexibility index (Phi) is 7.99. The van der Waals surface area contributed by atoms with Crippen LogP contribution < -0.4 is 15.8 Å². The van der Waals surface area contributed by atoms with Gasteiger partial charge in [-0.05, 0) is 34.0 Å². The highest BCUT2D eigenvalue weighted by molar-refractivity contribution is 6.88. The highest BCUT2D eigenvalue weighted by Crippen LogP contribution is 2.22. The Labute approximate surface area is 199 Å². The number of ketones is 1. The third-order valence-corrected chi connectivity index (χ3v) is 7.89. The summed E-state index contributed by atoms with van der Waals surface area (Å²) < 4.78 is 34.6. The van der Waals surface area contributed by atoms with Gasteiger partial charge in [-0.15, -0.1) is 0 Å². The van der Waals surface area contributed by atoms with Gasteiger partial charge in [-0.3, -0.25) is 14.4 Å². The Morgan fingerprint density at radius 1 is 1.15 bits per heavy atom. The minimum Gasteiger partial charge on any atom is -0.380 e. The summed E-state index contributed by atoms with van der Waals surface area (Å²) in [6, 6.07) is 8.14. The molecule has 0 aromatic heterocycles. The van der Waals surface area contributed by atoms with E-state index in [1.165, 1.54) is 6.07 Å². The van der Waals surface area contributed by atoms with E-state index in [4.69, 9.17) is 4.74 Å². The van der Waals surface area contributed by atoms with Gasteiger partial charge in [-0.2, -0.15) is 0 Å². The maximum absolute atomic E-state index is 14.8. The number of amides is 2. The van der Waals surface area contributed by atoms with Crippen molar-refractivity contribution in [3.8, 4) is 0 Å². The van der Waals surface area contributed by atoms with Crippen LogP contribution in [-0.4, -0.2) is 39.3 Å². The molecule has 1 fully saturated rings. The zero-order valence-electron chi connectivity index (χ0n) is 19.8. The summed E-state index contributed by atoms with van der Waals surface area (Å²) in [5.41, 5.74) is 1.33. The second-order valence-electron chi connectivity index (χ2n) is 9.64. The topological polar surface area (TPSA) is 84.5 Å². The lowest BCUT2D eigenvalue weighted by atomic mass is 9.95. The molecule has 0 radical (unpaired) electrons. The van der Waals surface area contributed by atoms with Crippen molar-refractivity contribution in [2.75, 3.05) is 13.7 Å². The zero-order chi connectivity index (χ0) is 25.0. The summed E-state index contributed by atoms with van der Waals surface area (Å²) in [5, 5.41) is 5.67. The van der Waals surface area contributed by atoms with E-state index in [2.05, 4.69) is 10.6 Å². The third kappa shape index (κ3) is 6.15. The number of carbonyl (C=O) groups is 3. The van der Waals surface area contributed by atoms with Crippen molar-refractivity contribution in [2.24, 2.45) is 5.92 Å². The Morgan fingerprint density at radius 3 is 2.38 bits per heavy atom. The normalized spacial score (nSPS) is 16.8. The number of methoxy groups -OCH3 is 1. The van der Waals surface area contributed by atoms with Crippen LogP contribution in [0.25, 0.3) is 0 Å². The third-order valence-electron chi connectivity index (χ3n) is 5.89. The first-order valence-electron chi connectivity index (χ1n) is 11.2. The molecule has 2 N–H and O–H groups in total. The van der Waals surface area contributed by atoms with Crippen LogP contribution >= 0.6 is 0 Å². The molecule has 0 aliphatic carbocycles. The Hall–Kier alpha value is -2.91. The fraction of sp³-hybridized carbons (Fsp3) is 0.400. The van der Waals surface area contributed by atoms with Gasteiger partial charge in [0.2, 0.25) is 11.8 Å². The van der Waals surface area contributed by atoms with Crippen molar-refractivity contribution in [1.29, 1.82) is 0 Å². The molecule has 1 aliphatic rings. The smallest absolute Gasteiger partial charge is 0.226 e. The minimum atomic E-state index is -2.10. The summed E-state index contributed by atoms with van der Waals surface area (Å²) in [5.74, 6) is -2.92. The highest BCUT2D eigenvalue weighted by atomic mass is 28.3. The lowest BCUT2D eigenvalue weighted by molar-refractivity contribution is -0.130. The van der Waals surface area contributed by atoms with Gasteiger partial charge in [-0.25, -0.2) is 8.78 Å². The molecule has 2 amide bonds. The quantitative estimate of drug-likeness (QED) is 0.532. The van der Waals surface area contributed by atoms with Crippen LogP contribution in [0.15, 0.2) is 36.4 Å². The van der Waals surface area contributed by atoms with Crippen LogP contribution in [-0.2, 0) is 32.1 Å². The van der Waals surface area contributed by atoms with Crippen molar-refractivity contribution in [3.63, 3.8) is 0 Å². The molecule has 0 unspecified atom stereocenters. The molecule has 182 valence electrons. The van der Waals surface area contributed by atoms with Crippen molar-refractivity contribution in [1.82, 2.24) is 10.6 Å². The molecule has 2 atom stereocenters. The molecule has 2 aromatic carbocycles. The van der Waals surface area contributed by atoms with Gasteiger partial charge in [0.15, 0.2) is 5.78 Å². The average Bonchev–Trinajstić information content (AvgIpc) is 3.20. The number of hydrogen-bond donors (Lipinski definition) is 2. The number of ether oxygens (including phenoxy) is 1. The first-order valence-corrected chi connectivity index (χ1v) is 14.7. The lowest BCUT2D eigenvalue weighted by Crippen LogP contribution is -2.41. The number of benzene rings is 2. The minimum absolute atomic E-state index is 0.0392. The van der Waals surface area contributed by atoms with E-state index < -0.39 is 43.4 Å². The molecule has 1 heterocycles. The maximum Gasteiger partial charge on any atom is 0.226 e. The summed E-state index contributed by atoms with van der Waals surface area (Å²) >= 11 is 0. The number of carbonyl (C=O) groups excluding carboxylic acids is 3. The summed E-state index contributed by atoms with van der Waals surface area (Å²) in [7, 11) is -0.534. The van der Waals surface area contributed by atoms with Crippen molar-refractivity contribution in [3.05, 3.63) is 64.7 Å². The molecular weight excluding hydrogens is 458 g/mol. The second kappa shape index (κ2) is 10.6. The molecular formula is C25H30F2N2O4Si. The fourth-order valence-corrected chi connectivity index (χ4v) is 5.31. The van der Waals surface area contributed by atoms with Crippen LogP contribution in [0.5, 0.6) is 0 Å². The predicted molar refractivity (Wildman–Crippen MR) is 127 cm³/mol. The number of Topliss-reactive ketones (excluding diaryl/α,β-unsaturated/α-hetero) is 1. The van der Waals surface area contributed by atoms with Crippen LogP contribution in [0.2, 0.25) is 19.6 Å². The van der Waals surface area contributed by atoms with Crippen LogP contribution in [0.3, 0.4) is 0 Å². The van der Waals surface area contributed by atoms with E-state index in [9.17, 15) is 23.2 Å². The molecule has 1 saturated heterocycles. The first-order chi connectivity index (χ1) is 16.0. The number of halogens is 2. The maximum atomic E-state index is 14.8. The van der Waals surface area contributed by atoms with E-state index in [1.807, 2.05) is 19.6 Å². The largest absolute Gasteiger partial charge is 0.380 e. The van der Waals surface area contributed by atoms with Gasteiger partial charge < -0.3 is 15.4 Å². The average molecular weight is 489 g/mol. The van der Waals surface area contributed by atoms with Crippen molar-refractivity contribution >= 4 is 30.9 Å². The molecule has 2 aromatic rings. The van der Waals surface area contributed by atoms with E-state index in [-0.39, 0.29) is 30.9 Å². The molecule has 0 saturated carbocycles. The van der Waals surface area contributed by atoms with Crippen LogP contribution in [0, 0.1) is 17.6 Å².